The largest absolute Gasteiger partial charge is 0.368 e. The van der Waals surface area contributed by atoms with Crippen LogP contribution in [0.15, 0.2) is 24.8 Å². The Hall–Kier alpha value is -2.97. The molecule has 3 rings (SSSR count). The van der Waals surface area contributed by atoms with Crippen LogP contribution in [0.1, 0.15) is 18.7 Å². The van der Waals surface area contributed by atoms with Crippen LogP contribution < -0.4 is 16.0 Å². The first-order valence-electron chi connectivity index (χ1n) is 7.77. The van der Waals surface area contributed by atoms with Crippen molar-refractivity contribution >= 4 is 17.6 Å². The fraction of sp³-hybridized carbons (Fsp3) is 0.400. The van der Waals surface area contributed by atoms with Crippen molar-refractivity contribution in [3.63, 3.8) is 0 Å². The Morgan fingerprint density at radius 3 is 2.96 bits per heavy atom. The topological polar surface area (TPSA) is 114 Å². The van der Waals surface area contributed by atoms with Crippen molar-refractivity contribution in [3.05, 3.63) is 30.6 Å². The number of hydrogen-bond donors (Lipinski definition) is 3. The molecule has 1 atom stereocenters. The average Bonchev–Trinajstić information content (AvgIpc) is 3.20. The maximum absolute atomic E-state index is 11.9. The van der Waals surface area contributed by atoms with Crippen LogP contribution in [-0.2, 0) is 9.59 Å². The number of rotatable bonds is 6. The third-order valence-corrected chi connectivity index (χ3v) is 3.77. The van der Waals surface area contributed by atoms with Crippen LogP contribution in [0.25, 0.3) is 5.82 Å². The van der Waals surface area contributed by atoms with Crippen molar-refractivity contribution in [2.45, 2.75) is 25.8 Å². The molecule has 1 aliphatic heterocycles. The molecule has 0 aliphatic carbocycles. The van der Waals surface area contributed by atoms with Gasteiger partial charge in [0, 0.05) is 38.0 Å². The summed E-state index contributed by atoms with van der Waals surface area (Å²) in [4.78, 5) is 35.5. The van der Waals surface area contributed by atoms with E-state index in [0.29, 0.717) is 31.7 Å². The Kier molecular flexibility index (Phi) is 4.69. The van der Waals surface area contributed by atoms with E-state index in [0.717, 1.165) is 11.6 Å². The van der Waals surface area contributed by atoms with Gasteiger partial charge in [0.15, 0.2) is 0 Å². The van der Waals surface area contributed by atoms with Crippen LogP contribution in [0.4, 0.5) is 5.82 Å². The summed E-state index contributed by atoms with van der Waals surface area (Å²) in [5, 5.41) is 8.57. The Morgan fingerprint density at radius 2 is 2.25 bits per heavy atom. The molecule has 0 radical (unpaired) electrons. The van der Waals surface area contributed by atoms with Gasteiger partial charge in [-0.25, -0.2) is 15.0 Å². The van der Waals surface area contributed by atoms with Gasteiger partial charge in [-0.1, -0.05) is 0 Å². The van der Waals surface area contributed by atoms with E-state index in [1.165, 1.54) is 6.33 Å². The Balaban J connectivity index is 1.48. The zero-order valence-electron chi connectivity index (χ0n) is 13.3. The van der Waals surface area contributed by atoms with Crippen LogP contribution in [0, 0.1) is 6.92 Å². The summed E-state index contributed by atoms with van der Waals surface area (Å²) in [5.41, 5.74) is 0. The summed E-state index contributed by atoms with van der Waals surface area (Å²) >= 11 is 0. The first kappa shape index (κ1) is 15.9. The van der Waals surface area contributed by atoms with E-state index in [4.69, 9.17) is 0 Å². The van der Waals surface area contributed by atoms with E-state index in [1.807, 2.05) is 23.8 Å². The minimum atomic E-state index is -0.410. The summed E-state index contributed by atoms with van der Waals surface area (Å²) in [6.45, 7) is 2.85. The number of carbonyl (C=O) groups excluding carboxylic acids is 2. The molecule has 1 aliphatic rings. The number of anilines is 1. The van der Waals surface area contributed by atoms with Gasteiger partial charge in [0.25, 0.3) is 0 Å². The van der Waals surface area contributed by atoms with Gasteiger partial charge in [0.2, 0.25) is 11.8 Å². The van der Waals surface area contributed by atoms with Crippen molar-refractivity contribution in [3.8, 4) is 5.82 Å². The lowest BCUT2D eigenvalue weighted by Gasteiger charge is -2.12. The van der Waals surface area contributed by atoms with Gasteiger partial charge >= 0.3 is 0 Å². The summed E-state index contributed by atoms with van der Waals surface area (Å²) in [6, 6.07) is 1.40. The van der Waals surface area contributed by atoms with E-state index >= 15 is 0 Å². The van der Waals surface area contributed by atoms with Gasteiger partial charge in [-0.2, -0.15) is 0 Å². The highest BCUT2D eigenvalue weighted by Gasteiger charge is 2.26. The summed E-state index contributed by atoms with van der Waals surface area (Å²) in [7, 11) is 0. The van der Waals surface area contributed by atoms with Crippen molar-refractivity contribution in [1.82, 2.24) is 30.2 Å². The SMILES string of the molecule is Cc1nccn1-c1cc(NCCNC(=O)C2CCC(=O)N2)ncn1. The standard InChI is InChI=1S/C15H19N7O2/c1-10-16-6-7-22(10)13-8-12(19-9-20-13)17-4-5-18-15(24)11-2-3-14(23)21-11/h6-9,11H,2-5H2,1H3,(H,18,24)(H,21,23)(H,17,19,20). The van der Waals surface area contributed by atoms with Crippen molar-refractivity contribution in [2.75, 3.05) is 18.4 Å². The lowest BCUT2D eigenvalue weighted by molar-refractivity contribution is -0.125. The maximum atomic E-state index is 11.9. The maximum Gasteiger partial charge on any atom is 0.242 e. The normalized spacial score (nSPS) is 16.7. The number of nitrogens with zero attached hydrogens (tertiary/aromatic N) is 4. The Morgan fingerprint density at radius 1 is 1.38 bits per heavy atom. The molecule has 3 heterocycles. The molecule has 126 valence electrons. The molecule has 9 heteroatoms. The second-order valence-electron chi connectivity index (χ2n) is 5.48. The Labute approximate surface area is 138 Å². The highest BCUT2D eigenvalue weighted by molar-refractivity contribution is 5.90. The molecule has 1 unspecified atom stereocenters. The monoisotopic (exact) mass is 329 g/mol. The highest BCUT2D eigenvalue weighted by atomic mass is 16.2. The number of carbonyl (C=O) groups is 2. The number of amides is 2. The van der Waals surface area contributed by atoms with E-state index in [9.17, 15) is 9.59 Å². The number of imidazole rings is 1. The fourth-order valence-electron chi connectivity index (χ4n) is 2.51. The first-order chi connectivity index (χ1) is 11.6. The highest BCUT2D eigenvalue weighted by Crippen LogP contribution is 2.10. The lowest BCUT2D eigenvalue weighted by Crippen LogP contribution is -2.43. The van der Waals surface area contributed by atoms with Gasteiger partial charge in [0.1, 0.15) is 29.8 Å². The number of hydrogen-bond acceptors (Lipinski definition) is 6. The van der Waals surface area contributed by atoms with Crippen LogP contribution in [0.3, 0.4) is 0 Å². The first-order valence-corrected chi connectivity index (χ1v) is 7.77. The molecule has 24 heavy (non-hydrogen) atoms. The number of aryl methyl sites for hydroxylation is 1. The summed E-state index contributed by atoms with van der Waals surface area (Å²) in [5.74, 6) is 2.00. The van der Waals surface area contributed by atoms with Crippen LogP contribution in [-0.4, -0.2) is 50.5 Å². The van der Waals surface area contributed by atoms with Crippen LogP contribution in [0.2, 0.25) is 0 Å². The quantitative estimate of drug-likeness (QED) is 0.631. The summed E-state index contributed by atoms with van der Waals surface area (Å²) in [6.07, 6.45) is 5.98. The predicted octanol–water partition coefficient (Wildman–Crippen LogP) is -0.223. The number of nitrogens with one attached hydrogen (secondary N) is 3. The van der Waals surface area contributed by atoms with E-state index in [2.05, 4.69) is 30.9 Å². The molecule has 0 saturated carbocycles. The fourth-order valence-corrected chi connectivity index (χ4v) is 2.51. The molecule has 3 N–H and O–H groups in total. The minimum Gasteiger partial charge on any atom is -0.368 e. The average molecular weight is 329 g/mol. The third-order valence-electron chi connectivity index (χ3n) is 3.77. The van der Waals surface area contributed by atoms with Gasteiger partial charge in [0.05, 0.1) is 0 Å². The van der Waals surface area contributed by atoms with Crippen LogP contribution in [0.5, 0.6) is 0 Å². The van der Waals surface area contributed by atoms with Gasteiger partial charge < -0.3 is 16.0 Å². The second kappa shape index (κ2) is 7.07. The second-order valence-corrected chi connectivity index (χ2v) is 5.48. The molecular formula is C15H19N7O2. The minimum absolute atomic E-state index is 0.0726. The summed E-state index contributed by atoms with van der Waals surface area (Å²) < 4.78 is 1.86. The molecular weight excluding hydrogens is 310 g/mol. The predicted molar refractivity (Wildman–Crippen MR) is 86.6 cm³/mol. The molecule has 2 amide bonds. The smallest absolute Gasteiger partial charge is 0.242 e. The van der Waals surface area contributed by atoms with Crippen molar-refractivity contribution < 1.29 is 9.59 Å². The van der Waals surface area contributed by atoms with E-state index in [1.54, 1.807) is 6.20 Å². The molecule has 9 nitrogen and oxygen atoms in total. The van der Waals surface area contributed by atoms with Crippen LogP contribution >= 0.6 is 0 Å². The van der Waals surface area contributed by atoms with E-state index < -0.39 is 6.04 Å². The molecule has 2 aromatic heterocycles. The van der Waals surface area contributed by atoms with Gasteiger partial charge in [-0.05, 0) is 13.3 Å². The van der Waals surface area contributed by atoms with Crippen molar-refractivity contribution in [1.29, 1.82) is 0 Å². The number of aromatic nitrogens is 4. The molecule has 0 spiro atoms. The molecule has 1 fully saturated rings. The molecule has 1 saturated heterocycles. The van der Waals surface area contributed by atoms with Gasteiger partial charge in [-0.15, -0.1) is 0 Å². The lowest BCUT2D eigenvalue weighted by atomic mass is 10.2. The van der Waals surface area contributed by atoms with Gasteiger partial charge in [-0.3, -0.25) is 14.2 Å². The Bertz CT molecular complexity index is 743. The van der Waals surface area contributed by atoms with E-state index in [-0.39, 0.29) is 11.8 Å². The molecule has 0 bridgehead atoms. The molecule has 2 aromatic rings. The molecule has 0 aromatic carbocycles. The zero-order chi connectivity index (χ0) is 16.9. The zero-order valence-corrected chi connectivity index (χ0v) is 13.3. The van der Waals surface area contributed by atoms with Crippen molar-refractivity contribution in [2.24, 2.45) is 0 Å². The third kappa shape index (κ3) is 3.67.